The summed E-state index contributed by atoms with van der Waals surface area (Å²) in [6, 6.07) is 6.99. The predicted octanol–water partition coefficient (Wildman–Crippen LogP) is 5.38. The van der Waals surface area contributed by atoms with E-state index in [0.717, 1.165) is 5.75 Å². The number of hydrogen-bond acceptors (Lipinski definition) is 4. The minimum Gasteiger partial charge on any atom is -0.497 e. The second-order valence-corrected chi connectivity index (χ2v) is 3.62. The van der Waals surface area contributed by atoms with Gasteiger partial charge in [-0.3, -0.25) is 10.1 Å². The Kier molecular flexibility index (Phi) is 14.2. The number of rotatable bonds is 6. The van der Waals surface area contributed by atoms with Crippen molar-refractivity contribution in [2.75, 3.05) is 7.11 Å². The van der Waals surface area contributed by atoms with Crippen molar-refractivity contribution in [3.63, 3.8) is 0 Å². The third kappa shape index (κ3) is 9.90. The lowest BCUT2D eigenvalue weighted by molar-refractivity contribution is -0.424. The molecule has 0 saturated heterocycles. The highest BCUT2D eigenvalue weighted by Crippen LogP contribution is 2.19. The van der Waals surface area contributed by atoms with Crippen molar-refractivity contribution in [2.24, 2.45) is 0 Å². The van der Waals surface area contributed by atoms with Crippen LogP contribution in [-0.4, -0.2) is 12.0 Å². The molecule has 23 heavy (non-hydrogen) atoms. The summed E-state index contributed by atoms with van der Waals surface area (Å²) in [5.74, 6) is 1.74. The smallest absolute Gasteiger partial charge is 0.243 e. The maximum absolute atomic E-state index is 10.5. The van der Waals surface area contributed by atoms with E-state index in [2.05, 4.69) is 6.58 Å². The van der Waals surface area contributed by atoms with E-state index in [1.807, 2.05) is 27.7 Å². The SMILES string of the molecule is C=C/C(=C\C=C(/C)[N+](=O)[O-])Oc1ccc(OC)cc1.CC.CC. The van der Waals surface area contributed by atoms with Gasteiger partial charge in [-0.2, -0.15) is 0 Å². The van der Waals surface area contributed by atoms with Crippen LogP contribution in [-0.2, 0) is 0 Å². The highest BCUT2D eigenvalue weighted by Gasteiger charge is 2.01. The highest BCUT2D eigenvalue weighted by molar-refractivity contribution is 5.33. The molecule has 0 aliphatic carbocycles. The van der Waals surface area contributed by atoms with Crippen LogP contribution in [0.25, 0.3) is 0 Å². The van der Waals surface area contributed by atoms with Crippen LogP contribution < -0.4 is 9.47 Å². The van der Waals surface area contributed by atoms with Crippen molar-refractivity contribution < 1.29 is 14.4 Å². The predicted molar refractivity (Wildman–Crippen MR) is 95.3 cm³/mol. The Hall–Kier alpha value is -2.56. The fraction of sp³-hybridized carbons (Fsp3) is 0.333. The van der Waals surface area contributed by atoms with E-state index < -0.39 is 4.92 Å². The van der Waals surface area contributed by atoms with Gasteiger partial charge in [-0.1, -0.05) is 34.3 Å². The lowest BCUT2D eigenvalue weighted by Gasteiger charge is -2.06. The summed E-state index contributed by atoms with van der Waals surface area (Å²) < 4.78 is 10.5. The van der Waals surface area contributed by atoms with E-state index in [4.69, 9.17) is 9.47 Å². The van der Waals surface area contributed by atoms with Crippen LogP contribution >= 0.6 is 0 Å². The molecular formula is C18H27NO4. The second-order valence-electron chi connectivity index (χ2n) is 3.62. The molecule has 1 aromatic carbocycles. The fourth-order valence-electron chi connectivity index (χ4n) is 1.19. The van der Waals surface area contributed by atoms with Gasteiger partial charge in [0.05, 0.1) is 12.0 Å². The van der Waals surface area contributed by atoms with Crippen LogP contribution in [0.15, 0.2) is 60.5 Å². The first kappa shape index (κ1) is 22.7. The molecule has 0 aliphatic rings. The van der Waals surface area contributed by atoms with E-state index in [9.17, 15) is 10.1 Å². The molecule has 128 valence electrons. The number of benzene rings is 1. The van der Waals surface area contributed by atoms with Crippen LogP contribution in [0.3, 0.4) is 0 Å². The lowest BCUT2D eigenvalue weighted by Crippen LogP contribution is -1.94. The molecule has 0 atom stereocenters. The lowest BCUT2D eigenvalue weighted by atomic mass is 10.3. The number of nitro groups is 1. The van der Waals surface area contributed by atoms with Crippen molar-refractivity contribution in [3.05, 3.63) is 70.6 Å². The summed E-state index contributed by atoms with van der Waals surface area (Å²) in [6.07, 6.45) is 4.34. The van der Waals surface area contributed by atoms with Crippen LogP contribution in [0.2, 0.25) is 0 Å². The fourth-order valence-corrected chi connectivity index (χ4v) is 1.19. The Labute approximate surface area is 139 Å². The molecule has 0 N–H and O–H groups in total. The molecule has 0 aromatic heterocycles. The first-order chi connectivity index (χ1) is 11.1. The Balaban J connectivity index is 0. The molecule has 0 heterocycles. The van der Waals surface area contributed by atoms with E-state index in [1.54, 1.807) is 31.4 Å². The van der Waals surface area contributed by atoms with Gasteiger partial charge in [0.25, 0.3) is 0 Å². The van der Waals surface area contributed by atoms with Gasteiger partial charge in [-0.05, 0) is 36.4 Å². The van der Waals surface area contributed by atoms with Gasteiger partial charge in [0, 0.05) is 13.0 Å². The average Bonchev–Trinajstić information content (AvgIpc) is 2.62. The molecule has 0 spiro atoms. The zero-order valence-corrected chi connectivity index (χ0v) is 14.8. The Morgan fingerprint density at radius 3 is 1.96 bits per heavy atom. The van der Waals surface area contributed by atoms with Crippen LogP contribution in [0.1, 0.15) is 34.6 Å². The molecule has 0 fully saturated rings. The van der Waals surface area contributed by atoms with Gasteiger partial charge >= 0.3 is 0 Å². The number of ether oxygens (including phenoxy) is 2. The summed E-state index contributed by atoms with van der Waals surface area (Å²) in [6.45, 7) is 13.0. The Morgan fingerprint density at radius 1 is 1.09 bits per heavy atom. The Bertz CT molecular complexity index is 516. The minimum absolute atomic E-state index is 0.0256. The summed E-state index contributed by atoms with van der Waals surface area (Å²) in [7, 11) is 1.58. The quantitative estimate of drug-likeness (QED) is 0.305. The van der Waals surface area contributed by atoms with Gasteiger partial charge < -0.3 is 9.47 Å². The summed E-state index contributed by atoms with van der Waals surface area (Å²) in [5.41, 5.74) is 0.0256. The van der Waals surface area contributed by atoms with Crippen molar-refractivity contribution in [1.29, 1.82) is 0 Å². The summed E-state index contributed by atoms with van der Waals surface area (Å²) in [4.78, 5) is 9.99. The van der Waals surface area contributed by atoms with Crippen LogP contribution in [0.5, 0.6) is 11.5 Å². The monoisotopic (exact) mass is 321 g/mol. The number of allylic oxidation sites excluding steroid dienone is 4. The maximum Gasteiger partial charge on any atom is 0.243 e. The van der Waals surface area contributed by atoms with Gasteiger partial charge in [0.15, 0.2) is 0 Å². The van der Waals surface area contributed by atoms with Crippen molar-refractivity contribution in [2.45, 2.75) is 34.6 Å². The third-order valence-corrected chi connectivity index (χ3v) is 2.27. The van der Waals surface area contributed by atoms with Crippen molar-refractivity contribution in [1.82, 2.24) is 0 Å². The van der Waals surface area contributed by atoms with Gasteiger partial charge in [0.2, 0.25) is 5.70 Å². The summed E-state index contributed by atoms with van der Waals surface area (Å²) >= 11 is 0. The molecule has 5 nitrogen and oxygen atoms in total. The topological polar surface area (TPSA) is 61.6 Å². The van der Waals surface area contributed by atoms with Gasteiger partial charge in [0.1, 0.15) is 17.3 Å². The molecule has 0 amide bonds. The highest BCUT2D eigenvalue weighted by atomic mass is 16.6. The first-order valence-corrected chi connectivity index (χ1v) is 7.54. The largest absolute Gasteiger partial charge is 0.497 e. The first-order valence-electron chi connectivity index (χ1n) is 7.54. The van der Waals surface area contributed by atoms with Crippen LogP contribution in [0, 0.1) is 10.1 Å². The molecule has 5 heteroatoms. The maximum atomic E-state index is 10.5. The zero-order valence-electron chi connectivity index (χ0n) is 14.8. The van der Waals surface area contributed by atoms with Gasteiger partial charge in [-0.15, -0.1) is 0 Å². The average molecular weight is 321 g/mol. The number of hydrogen-bond donors (Lipinski definition) is 0. The molecule has 0 bridgehead atoms. The molecule has 0 aliphatic heterocycles. The van der Waals surface area contributed by atoms with E-state index in [0.29, 0.717) is 11.5 Å². The van der Waals surface area contributed by atoms with Crippen molar-refractivity contribution in [3.8, 4) is 11.5 Å². The molecule has 0 radical (unpaired) electrons. The number of nitrogens with zero attached hydrogens (tertiary/aromatic N) is 1. The van der Waals surface area contributed by atoms with Gasteiger partial charge in [-0.25, -0.2) is 0 Å². The van der Waals surface area contributed by atoms with Crippen LogP contribution in [0.4, 0.5) is 0 Å². The molecular weight excluding hydrogens is 294 g/mol. The van der Waals surface area contributed by atoms with E-state index >= 15 is 0 Å². The number of methoxy groups -OCH3 is 1. The summed E-state index contributed by atoms with van der Waals surface area (Å²) in [5, 5.41) is 10.5. The Morgan fingerprint density at radius 2 is 1.57 bits per heavy atom. The zero-order chi connectivity index (χ0) is 18.3. The third-order valence-electron chi connectivity index (χ3n) is 2.27. The molecule has 0 unspecified atom stereocenters. The molecule has 1 rings (SSSR count). The second kappa shape index (κ2) is 14.4. The normalized spacial score (nSPS) is 10.3. The standard InChI is InChI=1S/C14H15NO4.2C2H6/c1-4-12(6-5-11(2)15(16)17)19-14-9-7-13(18-3)8-10-14;2*1-2/h4-10H,1H2,2-3H3;2*1-2H3/b11-5+,12-6+;;. The minimum atomic E-state index is -0.468. The molecule has 0 saturated carbocycles. The van der Waals surface area contributed by atoms with Crippen molar-refractivity contribution >= 4 is 0 Å². The molecule has 1 aromatic rings. The van der Waals surface area contributed by atoms with E-state index in [1.165, 1.54) is 25.2 Å². The van der Waals surface area contributed by atoms with E-state index in [-0.39, 0.29) is 5.70 Å².